The van der Waals surface area contributed by atoms with Crippen molar-refractivity contribution in [2.24, 2.45) is 4.40 Å². The quantitative estimate of drug-likeness (QED) is 0.450. The highest BCUT2D eigenvalue weighted by Crippen LogP contribution is 2.33. The van der Waals surface area contributed by atoms with Gasteiger partial charge in [-0.05, 0) is 63.1 Å². The van der Waals surface area contributed by atoms with Gasteiger partial charge in [0.1, 0.15) is 16.5 Å². The molecule has 2 aromatic carbocycles. The molecule has 0 spiro atoms. The Hall–Kier alpha value is -1.50. The maximum atomic E-state index is 12.1. The Labute approximate surface area is 168 Å². The van der Waals surface area contributed by atoms with Crippen LogP contribution >= 0.6 is 27.5 Å². The Morgan fingerprint density at radius 2 is 2.04 bits per heavy atom. The molecule has 0 saturated carbocycles. The Morgan fingerprint density at radius 1 is 1.31 bits per heavy atom. The third-order valence-electron chi connectivity index (χ3n) is 3.79. The number of hydrogen-bond donors (Lipinski definition) is 0. The highest BCUT2D eigenvalue weighted by atomic mass is 79.9. The van der Waals surface area contributed by atoms with Gasteiger partial charge in [-0.25, -0.2) is 9.19 Å². The molecule has 0 aliphatic carbocycles. The molecule has 136 valence electrons. The van der Waals surface area contributed by atoms with Gasteiger partial charge < -0.3 is 4.42 Å². The molecular formula is C19H18BrClN2O2S. The largest absolute Gasteiger partial charge is 0.434 e. The minimum Gasteiger partial charge on any atom is -0.434 e. The summed E-state index contributed by atoms with van der Waals surface area (Å²) in [5.41, 5.74) is 3.82. The first-order valence-corrected chi connectivity index (χ1v) is 10.3. The van der Waals surface area contributed by atoms with Gasteiger partial charge >= 0.3 is 0 Å². The zero-order valence-electron chi connectivity index (χ0n) is 14.8. The third kappa shape index (κ3) is 3.92. The molecule has 0 fully saturated rings. The molecule has 7 heteroatoms. The van der Waals surface area contributed by atoms with Gasteiger partial charge in [-0.3, -0.25) is 0 Å². The Kier molecular flexibility index (Phi) is 5.37. The van der Waals surface area contributed by atoms with E-state index in [0.29, 0.717) is 22.0 Å². The number of nitrogens with zero attached hydrogens (tertiary/aromatic N) is 2. The minimum atomic E-state index is -1.33. The summed E-state index contributed by atoms with van der Waals surface area (Å²) in [6, 6.07) is 9.41. The molecule has 0 amide bonds. The summed E-state index contributed by atoms with van der Waals surface area (Å²) in [5.74, 6) is 0.507. The SMILES string of the molecule is Cc1c(Br)cccc1-c1nc2cc(/C=N/S(=O)C(C)(C)C)cc(Cl)c2o1. The predicted octanol–water partition coefficient (Wildman–Crippen LogP) is 6.10. The molecule has 0 aliphatic heterocycles. The van der Waals surface area contributed by atoms with Crippen molar-refractivity contribution >= 4 is 55.8 Å². The van der Waals surface area contributed by atoms with Crippen molar-refractivity contribution in [3.8, 4) is 11.5 Å². The second-order valence-corrected chi connectivity index (χ2v) is 10.1. The van der Waals surface area contributed by atoms with Crippen molar-refractivity contribution < 1.29 is 8.63 Å². The summed E-state index contributed by atoms with van der Waals surface area (Å²) >= 11 is 9.88. The lowest BCUT2D eigenvalue weighted by Gasteiger charge is -2.12. The fraction of sp³-hybridized carbons (Fsp3) is 0.263. The van der Waals surface area contributed by atoms with E-state index in [2.05, 4.69) is 25.3 Å². The van der Waals surface area contributed by atoms with E-state index in [1.165, 1.54) is 0 Å². The highest BCUT2D eigenvalue weighted by Gasteiger charge is 2.18. The van der Waals surface area contributed by atoms with Gasteiger partial charge in [-0.1, -0.05) is 33.6 Å². The van der Waals surface area contributed by atoms with Gasteiger partial charge in [0.15, 0.2) is 5.58 Å². The van der Waals surface area contributed by atoms with Crippen LogP contribution in [-0.4, -0.2) is 20.2 Å². The molecule has 1 heterocycles. The summed E-state index contributed by atoms with van der Waals surface area (Å²) in [6.45, 7) is 7.62. The van der Waals surface area contributed by atoms with E-state index in [4.69, 9.17) is 16.0 Å². The van der Waals surface area contributed by atoms with Crippen LogP contribution in [-0.2, 0) is 11.0 Å². The molecule has 0 radical (unpaired) electrons. The lowest BCUT2D eigenvalue weighted by Crippen LogP contribution is -2.19. The van der Waals surface area contributed by atoms with Gasteiger partial charge in [-0.2, -0.15) is 4.40 Å². The zero-order chi connectivity index (χ0) is 19.1. The molecule has 0 aliphatic rings. The van der Waals surface area contributed by atoms with E-state index in [1.807, 2.05) is 52.0 Å². The molecule has 0 bridgehead atoms. The molecule has 0 saturated heterocycles. The van der Waals surface area contributed by atoms with E-state index in [9.17, 15) is 4.21 Å². The number of rotatable bonds is 3. The van der Waals surface area contributed by atoms with Gasteiger partial charge in [-0.15, -0.1) is 0 Å². The van der Waals surface area contributed by atoms with Crippen LogP contribution in [0.4, 0.5) is 0 Å². The predicted molar refractivity (Wildman–Crippen MR) is 112 cm³/mol. The van der Waals surface area contributed by atoms with Crippen LogP contribution in [0.2, 0.25) is 5.02 Å². The molecule has 0 N–H and O–H groups in total. The van der Waals surface area contributed by atoms with E-state index in [0.717, 1.165) is 21.2 Å². The molecule has 1 unspecified atom stereocenters. The number of oxazole rings is 1. The highest BCUT2D eigenvalue weighted by molar-refractivity contribution is 9.10. The molecule has 4 nitrogen and oxygen atoms in total. The second kappa shape index (κ2) is 7.25. The van der Waals surface area contributed by atoms with E-state index >= 15 is 0 Å². The van der Waals surface area contributed by atoms with Crippen molar-refractivity contribution in [2.75, 3.05) is 0 Å². The summed E-state index contributed by atoms with van der Waals surface area (Å²) in [5, 5.41) is 0.442. The summed E-state index contributed by atoms with van der Waals surface area (Å²) < 4.78 is 22.7. The van der Waals surface area contributed by atoms with Crippen LogP contribution in [0.15, 0.2) is 43.6 Å². The van der Waals surface area contributed by atoms with Crippen LogP contribution in [0.25, 0.3) is 22.6 Å². The van der Waals surface area contributed by atoms with Crippen LogP contribution in [0.3, 0.4) is 0 Å². The van der Waals surface area contributed by atoms with Crippen molar-refractivity contribution in [3.63, 3.8) is 0 Å². The number of halogens is 2. The molecule has 3 rings (SSSR count). The van der Waals surface area contributed by atoms with Gasteiger partial charge in [0.25, 0.3) is 0 Å². The minimum absolute atomic E-state index is 0.413. The third-order valence-corrected chi connectivity index (χ3v) is 6.27. The molecule has 1 aromatic heterocycles. The molecule has 3 aromatic rings. The monoisotopic (exact) mass is 452 g/mol. The topological polar surface area (TPSA) is 55.5 Å². The second-order valence-electron chi connectivity index (χ2n) is 6.88. The molecular weight excluding hydrogens is 436 g/mol. The van der Waals surface area contributed by atoms with E-state index in [1.54, 1.807) is 12.3 Å². The van der Waals surface area contributed by atoms with E-state index in [-0.39, 0.29) is 0 Å². The summed E-state index contributed by atoms with van der Waals surface area (Å²) in [4.78, 5) is 4.57. The van der Waals surface area contributed by atoms with Crippen LogP contribution in [0, 0.1) is 6.92 Å². The maximum Gasteiger partial charge on any atom is 0.227 e. The fourth-order valence-electron chi connectivity index (χ4n) is 2.31. The maximum absolute atomic E-state index is 12.1. The summed E-state index contributed by atoms with van der Waals surface area (Å²) in [6.07, 6.45) is 1.56. The van der Waals surface area contributed by atoms with E-state index < -0.39 is 15.7 Å². The Morgan fingerprint density at radius 3 is 2.73 bits per heavy atom. The lowest BCUT2D eigenvalue weighted by atomic mass is 10.1. The standard InChI is InChI=1S/C19H18BrClN2O2S/c1-11-13(6-5-7-14(11)20)18-23-16-9-12(8-15(21)17(16)25-18)10-22-26(24)19(2,3)4/h5-10H,1-4H3/b22-10+. The van der Waals surface area contributed by atoms with Crippen molar-refractivity contribution in [2.45, 2.75) is 32.4 Å². The number of fused-ring (bicyclic) bond motifs is 1. The summed E-state index contributed by atoms with van der Waals surface area (Å²) in [7, 11) is -1.33. The first kappa shape index (κ1) is 19.3. The average molecular weight is 454 g/mol. The first-order valence-electron chi connectivity index (χ1n) is 7.98. The number of aromatic nitrogens is 1. The van der Waals surface area contributed by atoms with Crippen molar-refractivity contribution in [1.82, 2.24) is 4.98 Å². The first-order chi connectivity index (χ1) is 12.2. The fourth-order valence-corrected chi connectivity index (χ4v) is 3.47. The van der Waals surface area contributed by atoms with Crippen molar-refractivity contribution in [3.05, 3.63) is 51.0 Å². The molecule has 26 heavy (non-hydrogen) atoms. The van der Waals surface area contributed by atoms with Gasteiger partial charge in [0, 0.05) is 16.3 Å². The number of hydrogen-bond acceptors (Lipinski definition) is 3. The number of benzene rings is 2. The van der Waals surface area contributed by atoms with Crippen LogP contribution in [0.5, 0.6) is 0 Å². The average Bonchev–Trinajstić information content (AvgIpc) is 2.98. The normalized spacial score (nSPS) is 13.6. The Balaban J connectivity index is 2.03. The van der Waals surface area contributed by atoms with Gasteiger partial charge in [0.05, 0.1) is 9.77 Å². The van der Waals surface area contributed by atoms with Crippen LogP contribution < -0.4 is 0 Å². The zero-order valence-corrected chi connectivity index (χ0v) is 18.0. The molecule has 1 atom stereocenters. The van der Waals surface area contributed by atoms with Crippen LogP contribution in [0.1, 0.15) is 31.9 Å². The lowest BCUT2D eigenvalue weighted by molar-refractivity contribution is 0.619. The smallest absolute Gasteiger partial charge is 0.227 e. The van der Waals surface area contributed by atoms with Gasteiger partial charge in [0.2, 0.25) is 5.89 Å². The van der Waals surface area contributed by atoms with Crippen molar-refractivity contribution in [1.29, 1.82) is 0 Å². The Bertz CT molecular complexity index is 1040.